The molecule has 0 bridgehead atoms. The molecule has 2 aliphatic rings. The van der Waals surface area contributed by atoms with Crippen LogP contribution in [-0.2, 0) is 22.4 Å². The van der Waals surface area contributed by atoms with Crippen LogP contribution < -0.4 is 0 Å². The largest absolute Gasteiger partial charge is 0.306 e. The minimum absolute atomic E-state index is 0.103. The molecule has 2 amide bonds. The van der Waals surface area contributed by atoms with E-state index in [-0.39, 0.29) is 45.9 Å². The first-order valence-electron chi connectivity index (χ1n) is 47.9. The van der Waals surface area contributed by atoms with Crippen molar-refractivity contribution in [2.45, 2.75) is 363 Å². The van der Waals surface area contributed by atoms with E-state index in [4.69, 9.17) is 0 Å². The molecular formula is C102H136F4N6O2S8. The normalized spacial score (nSPS) is 13.8. The highest BCUT2D eigenvalue weighted by Gasteiger charge is 2.50. The summed E-state index contributed by atoms with van der Waals surface area (Å²) >= 11 is 10.8. The summed E-state index contributed by atoms with van der Waals surface area (Å²) in [4.78, 5) is 47.5. The smallest absolute Gasteiger partial charge is 0.261 e. The van der Waals surface area contributed by atoms with E-state index in [0.29, 0.717) is 77.2 Å². The van der Waals surface area contributed by atoms with Crippen molar-refractivity contribution in [3.8, 4) is 61.3 Å². The Labute approximate surface area is 760 Å². The van der Waals surface area contributed by atoms with E-state index in [1.165, 1.54) is 238 Å². The molecule has 0 saturated heterocycles. The molecule has 2 aromatic carbocycles. The molecule has 662 valence electrons. The average Bonchev–Trinajstić information content (AvgIpc) is 1.55. The van der Waals surface area contributed by atoms with Crippen molar-refractivity contribution in [1.29, 1.82) is 0 Å². The number of carbonyl (C=O) groups excluding carboxylic acids is 2. The molecule has 8 nitrogen and oxygen atoms in total. The summed E-state index contributed by atoms with van der Waals surface area (Å²) in [5, 5.41) is 0. The summed E-state index contributed by atoms with van der Waals surface area (Å²) in [5.41, 5.74) is 4.20. The number of thiophene rings is 6. The molecule has 2 atom stereocenters. The maximum Gasteiger partial charge on any atom is 0.261 e. The number of benzene rings is 2. The van der Waals surface area contributed by atoms with Gasteiger partial charge in [-0.2, -0.15) is 17.5 Å². The van der Waals surface area contributed by atoms with Gasteiger partial charge in [0.25, 0.3) is 11.8 Å². The number of rotatable bonds is 62. The van der Waals surface area contributed by atoms with Crippen molar-refractivity contribution < 1.29 is 27.2 Å². The highest BCUT2D eigenvalue weighted by atomic mass is 32.1. The zero-order valence-electron chi connectivity index (χ0n) is 74.1. The molecule has 0 N–H and O–H groups in total. The van der Waals surface area contributed by atoms with Crippen molar-refractivity contribution in [2.75, 3.05) is 13.1 Å². The fourth-order valence-corrected chi connectivity index (χ4v) is 26.0. The van der Waals surface area contributed by atoms with E-state index < -0.39 is 23.3 Å². The van der Waals surface area contributed by atoms with E-state index in [1.54, 1.807) is 22.7 Å². The molecule has 12 rings (SSSR count). The van der Waals surface area contributed by atoms with Crippen LogP contribution >= 0.6 is 91.5 Å². The van der Waals surface area contributed by atoms with Crippen LogP contribution in [0.3, 0.4) is 0 Å². The van der Waals surface area contributed by atoms with Gasteiger partial charge in [-0.25, -0.2) is 17.6 Å². The van der Waals surface area contributed by atoms with Gasteiger partial charge in [0.05, 0.1) is 78.0 Å². The molecular weight excluding hydrogens is 1670 g/mol. The van der Waals surface area contributed by atoms with Crippen LogP contribution in [0.25, 0.3) is 94.7 Å². The lowest BCUT2D eigenvalue weighted by molar-refractivity contribution is -0.124. The van der Waals surface area contributed by atoms with E-state index in [9.17, 15) is 0 Å². The summed E-state index contributed by atoms with van der Waals surface area (Å²) in [6.07, 6.45) is 59.0. The van der Waals surface area contributed by atoms with Gasteiger partial charge in [0.15, 0.2) is 23.3 Å². The van der Waals surface area contributed by atoms with E-state index in [0.717, 1.165) is 191 Å². The van der Waals surface area contributed by atoms with Crippen molar-refractivity contribution in [3.63, 3.8) is 0 Å². The predicted molar refractivity (Wildman–Crippen MR) is 522 cm³/mol. The fourth-order valence-electron chi connectivity index (χ4n) is 18.3. The third-order valence-electron chi connectivity index (χ3n) is 25.4. The number of halogens is 4. The number of aryl methyl sites for hydroxylation is 2. The molecule has 10 heterocycles. The number of unbranched alkanes of at least 4 members (excludes halogenated alkanes) is 38. The first-order valence-corrected chi connectivity index (χ1v) is 54.2. The Bertz CT molecular complexity index is 4620. The van der Waals surface area contributed by atoms with Gasteiger partial charge in [-0.15, -0.1) is 68.0 Å². The molecule has 0 aliphatic carbocycles. The number of amides is 2. The highest BCUT2D eigenvalue weighted by Crippen LogP contribution is 2.54. The van der Waals surface area contributed by atoms with Crippen LogP contribution in [0, 0.1) is 35.1 Å². The van der Waals surface area contributed by atoms with Crippen molar-refractivity contribution in [1.82, 2.24) is 27.3 Å². The summed E-state index contributed by atoms with van der Waals surface area (Å²) in [6, 6.07) is 23.9. The van der Waals surface area contributed by atoms with Crippen LogP contribution in [0.15, 0.2) is 83.9 Å². The Balaban J connectivity index is 0.928. The van der Waals surface area contributed by atoms with Crippen LogP contribution in [0.4, 0.5) is 17.6 Å². The Morgan fingerprint density at radius 3 is 0.746 bits per heavy atom. The van der Waals surface area contributed by atoms with Gasteiger partial charge >= 0.3 is 0 Å². The quantitative estimate of drug-likeness (QED) is 0.0279. The number of fused-ring (bicyclic) bond motifs is 3. The third-order valence-corrected chi connectivity index (χ3v) is 33.5. The summed E-state index contributed by atoms with van der Waals surface area (Å²) in [5.74, 6) is -3.62. The minimum Gasteiger partial charge on any atom is -0.306 e. The monoisotopic (exact) mass is 1810 g/mol. The first kappa shape index (κ1) is 95.5. The summed E-state index contributed by atoms with van der Waals surface area (Å²) in [6.45, 7) is 14.5. The second-order valence-electron chi connectivity index (χ2n) is 35.0. The lowest BCUT2D eigenvalue weighted by atomic mass is 9.93. The van der Waals surface area contributed by atoms with Crippen LogP contribution in [0.2, 0.25) is 0 Å². The van der Waals surface area contributed by atoms with E-state index >= 15 is 27.2 Å². The second-order valence-corrected chi connectivity index (χ2v) is 42.7. The van der Waals surface area contributed by atoms with Gasteiger partial charge in [-0.1, -0.05) is 311 Å². The zero-order chi connectivity index (χ0) is 85.4. The van der Waals surface area contributed by atoms with Crippen LogP contribution in [0.1, 0.15) is 369 Å². The van der Waals surface area contributed by atoms with Crippen LogP contribution in [0.5, 0.6) is 0 Å². The molecule has 2 unspecified atom stereocenters. The zero-order valence-corrected chi connectivity index (χ0v) is 80.7. The fraction of sp³-hybridized carbons (Fsp3) is 0.588. The van der Waals surface area contributed by atoms with Crippen LogP contribution in [-0.4, -0.2) is 52.2 Å². The molecule has 2 aliphatic heterocycles. The average molecular weight is 1810 g/mol. The number of hydrogen-bond acceptors (Lipinski definition) is 14. The number of aromatic nitrogens is 4. The molecule has 8 aromatic heterocycles. The van der Waals surface area contributed by atoms with E-state index in [2.05, 4.69) is 83.3 Å². The Hall–Kier alpha value is -5.58. The van der Waals surface area contributed by atoms with Gasteiger partial charge in [0.2, 0.25) is 0 Å². The van der Waals surface area contributed by atoms with Gasteiger partial charge in [-0.3, -0.25) is 9.59 Å². The molecule has 0 spiro atoms. The van der Waals surface area contributed by atoms with Crippen molar-refractivity contribution in [3.05, 3.63) is 127 Å². The maximum absolute atomic E-state index is 17.2. The molecule has 122 heavy (non-hydrogen) atoms. The topological polar surface area (TPSA) is 92.2 Å². The molecule has 20 heteroatoms. The second kappa shape index (κ2) is 50.8. The molecule has 0 saturated carbocycles. The molecule has 0 fully saturated rings. The lowest BCUT2D eigenvalue weighted by Crippen LogP contribution is -2.34. The SMILES string of the molecule is CCCCCCCCCCCCC(CCCCCCCCCC)CN1C(=O)C2=C(c3ccc(-c4ccc(-c5c(F)c(F)c(-c6ccc(CCCCCC)s6)c6nsnc56)s4)s3)N(CC(CCCCCCCCCC)CCCCCCCCCCCC)C(=O)C2=C1c1ccc(-c2ccc(-c3c(F)c(F)c(-c4ccc(CCCCCC)s4)c4nsnc34)s2)s1. The van der Waals surface area contributed by atoms with Gasteiger partial charge < -0.3 is 9.80 Å². The number of nitrogens with zero attached hydrogens (tertiary/aromatic N) is 6. The molecule has 10 aromatic rings. The first-order chi connectivity index (χ1) is 59.9. The molecule has 0 radical (unpaired) electrons. The number of hydrogen-bond donors (Lipinski definition) is 0. The van der Waals surface area contributed by atoms with Gasteiger partial charge in [0.1, 0.15) is 22.1 Å². The Morgan fingerprint density at radius 1 is 0.262 bits per heavy atom. The van der Waals surface area contributed by atoms with Crippen molar-refractivity contribution in [2.24, 2.45) is 11.8 Å². The summed E-state index contributed by atoms with van der Waals surface area (Å²) in [7, 11) is 0. The predicted octanol–water partition coefficient (Wildman–Crippen LogP) is 35.6. The van der Waals surface area contributed by atoms with Crippen molar-refractivity contribution >= 4 is 137 Å². The maximum atomic E-state index is 17.2. The Kier molecular flexibility index (Phi) is 39.8. The third kappa shape index (κ3) is 25.5. The highest BCUT2D eigenvalue weighted by molar-refractivity contribution is 7.25. The lowest BCUT2D eigenvalue weighted by Gasteiger charge is -2.29. The van der Waals surface area contributed by atoms with Gasteiger partial charge in [-0.05, 0) is 136 Å². The van der Waals surface area contributed by atoms with E-state index in [1.807, 2.05) is 58.3 Å². The number of carbonyl (C=O) groups is 2. The summed E-state index contributed by atoms with van der Waals surface area (Å²) < 4.78 is 87.1. The minimum atomic E-state index is -0.940. The Morgan fingerprint density at radius 2 is 0.475 bits per heavy atom. The standard InChI is InChI=1S/C102H136F4N6O2S8/c1-7-13-19-25-29-33-35-39-43-47-53-71(51-45-41-37-31-27-21-15-9-3)69-111-99(83-67-63-77(119-83)75-61-65-81(117-75)87-93(105)91(103)85(95-97(87)109-121-107-95)79-59-57-73(115-79)55-49-23-17-11-5)89-90(101(111)113)100(112(102(89)114)70-72(52-46-42-38-32-28-22-16-10-4)54-48-44-40-36-34-30-26-20-14-8-2)84-68-64-78(120-84)76-62-66-82(118-76)88-94(106)92(104)86(96-98(88)110-122-108-96)80-60-58-74(116-80)56-50-24-18-12-6/h57-68,71-72H,7-56,69-70H2,1-6H3. The van der Waals surface area contributed by atoms with Gasteiger partial charge in [0, 0.05) is 61.9 Å².